The third-order valence-corrected chi connectivity index (χ3v) is 4.04. The Hall–Kier alpha value is -1.10. The molecule has 0 bridgehead atoms. The van der Waals surface area contributed by atoms with Gasteiger partial charge in [-0.25, -0.2) is 0 Å². The van der Waals surface area contributed by atoms with Gasteiger partial charge in [0.15, 0.2) is 0 Å². The van der Waals surface area contributed by atoms with Crippen LogP contribution in [0.5, 0.6) is 0 Å². The van der Waals surface area contributed by atoms with Crippen LogP contribution in [0, 0.1) is 5.41 Å². The number of esters is 2. The molecular formula is C16H30O5. The highest BCUT2D eigenvalue weighted by molar-refractivity contribution is 5.76. The minimum Gasteiger partial charge on any atom is -0.469 e. The molecule has 1 saturated carbocycles. The Morgan fingerprint density at radius 1 is 1.10 bits per heavy atom. The monoisotopic (exact) mass is 302 g/mol. The SMILES string of the molecule is CC.COC(=O)CCCCC1(C(=O)OC)CCC(O)CC1. The zero-order valence-corrected chi connectivity index (χ0v) is 13.8. The molecule has 0 aromatic carbocycles. The molecule has 0 radical (unpaired) electrons. The van der Waals surface area contributed by atoms with Crippen LogP contribution in [0.4, 0.5) is 0 Å². The van der Waals surface area contributed by atoms with E-state index in [0.29, 0.717) is 44.9 Å². The van der Waals surface area contributed by atoms with E-state index in [4.69, 9.17) is 4.74 Å². The molecule has 1 aliphatic carbocycles. The number of rotatable bonds is 6. The van der Waals surface area contributed by atoms with Crippen molar-refractivity contribution in [3.63, 3.8) is 0 Å². The van der Waals surface area contributed by atoms with Crippen LogP contribution in [0.3, 0.4) is 0 Å². The molecule has 0 saturated heterocycles. The maximum atomic E-state index is 12.0. The molecule has 1 aliphatic rings. The zero-order valence-electron chi connectivity index (χ0n) is 13.8. The summed E-state index contributed by atoms with van der Waals surface area (Å²) in [6.45, 7) is 4.00. The fraction of sp³-hybridized carbons (Fsp3) is 0.875. The second kappa shape index (κ2) is 10.6. The van der Waals surface area contributed by atoms with Gasteiger partial charge in [0, 0.05) is 6.42 Å². The van der Waals surface area contributed by atoms with Crippen molar-refractivity contribution in [3.05, 3.63) is 0 Å². The number of carbonyl (C=O) groups excluding carboxylic acids is 2. The van der Waals surface area contributed by atoms with E-state index in [2.05, 4.69) is 4.74 Å². The molecule has 1 N–H and O–H groups in total. The summed E-state index contributed by atoms with van der Waals surface area (Å²) < 4.78 is 9.50. The van der Waals surface area contributed by atoms with E-state index in [9.17, 15) is 14.7 Å². The standard InChI is InChI=1S/C14H24O5.C2H6/c1-18-12(16)5-3-4-8-14(13(17)19-2)9-6-11(15)7-10-14;1-2/h11,15H,3-10H2,1-2H3;1-2H3. The molecule has 0 aromatic heterocycles. The molecule has 5 nitrogen and oxygen atoms in total. The van der Waals surface area contributed by atoms with Crippen molar-refractivity contribution in [2.45, 2.75) is 71.3 Å². The maximum Gasteiger partial charge on any atom is 0.311 e. The predicted octanol–water partition coefficient (Wildman–Crippen LogP) is 2.84. The van der Waals surface area contributed by atoms with Crippen LogP contribution in [0.1, 0.15) is 65.2 Å². The first kappa shape index (κ1) is 19.9. The van der Waals surface area contributed by atoms with Gasteiger partial charge >= 0.3 is 11.9 Å². The lowest BCUT2D eigenvalue weighted by molar-refractivity contribution is -0.157. The molecule has 0 spiro atoms. The van der Waals surface area contributed by atoms with Gasteiger partial charge in [0.1, 0.15) is 0 Å². The highest BCUT2D eigenvalue weighted by Crippen LogP contribution is 2.41. The second-order valence-corrected chi connectivity index (χ2v) is 5.29. The molecule has 21 heavy (non-hydrogen) atoms. The minimum absolute atomic E-state index is 0.183. The Labute approximate surface area is 128 Å². The van der Waals surface area contributed by atoms with E-state index in [0.717, 1.165) is 6.42 Å². The van der Waals surface area contributed by atoms with Crippen molar-refractivity contribution in [3.8, 4) is 0 Å². The summed E-state index contributed by atoms with van der Waals surface area (Å²) in [4.78, 5) is 23.0. The third-order valence-electron chi connectivity index (χ3n) is 4.04. The summed E-state index contributed by atoms with van der Waals surface area (Å²) >= 11 is 0. The Balaban J connectivity index is 0.00000191. The minimum atomic E-state index is -0.468. The molecule has 5 heteroatoms. The van der Waals surface area contributed by atoms with Crippen molar-refractivity contribution in [2.75, 3.05) is 14.2 Å². The van der Waals surface area contributed by atoms with E-state index >= 15 is 0 Å². The van der Waals surface area contributed by atoms with Crippen molar-refractivity contribution in [1.82, 2.24) is 0 Å². The average Bonchev–Trinajstić information content (AvgIpc) is 2.54. The molecule has 0 aromatic rings. The van der Waals surface area contributed by atoms with Gasteiger partial charge in [-0.2, -0.15) is 0 Å². The Bertz CT molecular complexity index is 306. The van der Waals surface area contributed by atoms with Crippen LogP contribution >= 0.6 is 0 Å². The summed E-state index contributed by atoms with van der Waals surface area (Å²) in [7, 11) is 2.78. The largest absolute Gasteiger partial charge is 0.469 e. The molecule has 0 unspecified atom stereocenters. The van der Waals surface area contributed by atoms with Crippen LogP contribution in [0.25, 0.3) is 0 Å². The van der Waals surface area contributed by atoms with Crippen molar-refractivity contribution in [1.29, 1.82) is 0 Å². The lowest BCUT2D eigenvalue weighted by Gasteiger charge is -2.36. The molecule has 124 valence electrons. The molecule has 0 heterocycles. The number of aliphatic hydroxyl groups excluding tert-OH is 1. The number of ether oxygens (including phenoxy) is 2. The Kier molecular flexibility index (Phi) is 10.0. The smallest absolute Gasteiger partial charge is 0.311 e. The van der Waals surface area contributed by atoms with E-state index < -0.39 is 5.41 Å². The first-order valence-corrected chi connectivity index (χ1v) is 7.87. The Morgan fingerprint density at radius 3 is 2.14 bits per heavy atom. The highest BCUT2D eigenvalue weighted by atomic mass is 16.5. The normalized spacial score (nSPS) is 24.5. The summed E-state index contributed by atoms with van der Waals surface area (Å²) in [5.41, 5.74) is -0.468. The summed E-state index contributed by atoms with van der Waals surface area (Å²) in [5.74, 6) is -0.399. The van der Waals surface area contributed by atoms with Gasteiger partial charge < -0.3 is 14.6 Å². The van der Waals surface area contributed by atoms with Crippen molar-refractivity contribution >= 4 is 11.9 Å². The third kappa shape index (κ3) is 6.46. The first-order valence-electron chi connectivity index (χ1n) is 7.87. The van der Waals surface area contributed by atoms with Crippen LogP contribution in [0.2, 0.25) is 0 Å². The van der Waals surface area contributed by atoms with Gasteiger partial charge in [-0.3, -0.25) is 9.59 Å². The molecular weight excluding hydrogens is 272 g/mol. The fourth-order valence-corrected chi connectivity index (χ4v) is 2.76. The number of aliphatic hydroxyl groups is 1. The number of carbonyl (C=O) groups is 2. The summed E-state index contributed by atoms with van der Waals surface area (Å²) in [5, 5.41) is 9.56. The second-order valence-electron chi connectivity index (χ2n) is 5.29. The quantitative estimate of drug-likeness (QED) is 0.603. The number of unbranched alkanes of at least 4 members (excludes halogenated alkanes) is 1. The number of methoxy groups -OCH3 is 2. The lowest BCUT2D eigenvalue weighted by atomic mass is 9.70. The lowest BCUT2D eigenvalue weighted by Crippen LogP contribution is -2.37. The predicted molar refractivity (Wildman–Crippen MR) is 80.8 cm³/mol. The van der Waals surface area contributed by atoms with E-state index in [-0.39, 0.29) is 18.0 Å². The highest BCUT2D eigenvalue weighted by Gasteiger charge is 2.41. The van der Waals surface area contributed by atoms with E-state index in [1.165, 1.54) is 14.2 Å². The average molecular weight is 302 g/mol. The van der Waals surface area contributed by atoms with Crippen LogP contribution in [-0.2, 0) is 19.1 Å². The van der Waals surface area contributed by atoms with Gasteiger partial charge in [0.2, 0.25) is 0 Å². The Morgan fingerprint density at radius 2 is 1.67 bits per heavy atom. The van der Waals surface area contributed by atoms with Gasteiger partial charge in [-0.15, -0.1) is 0 Å². The van der Waals surface area contributed by atoms with Gasteiger partial charge in [0.05, 0.1) is 25.7 Å². The zero-order chi connectivity index (χ0) is 16.3. The number of hydrogen-bond donors (Lipinski definition) is 1. The van der Waals surface area contributed by atoms with Gasteiger partial charge in [0.25, 0.3) is 0 Å². The number of hydrogen-bond acceptors (Lipinski definition) is 5. The van der Waals surface area contributed by atoms with Crippen LogP contribution in [0.15, 0.2) is 0 Å². The molecule has 0 aliphatic heterocycles. The van der Waals surface area contributed by atoms with Crippen molar-refractivity contribution < 1.29 is 24.2 Å². The van der Waals surface area contributed by atoms with Gasteiger partial charge in [-0.05, 0) is 38.5 Å². The van der Waals surface area contributed by atoms with Crippen LogP contribution < -0.4 is 0 Å². The molecule has 0 amide bonds. The molecule has 1 rings (SSSR count). The summed E-state index contributed by atoms with van der Waals surface area (Å²) in [6.07, 6.45) is 4.93. The summed E-state index contributed by atoms with van der Waals surface area (Å²) in [6, 6.07) is 0. The topological polar surface area (TPSA) is 72.8 Å². The van der Waals surface area contributed by atoms with E-state index in [1.54, 1.807) is 0 Å². The molecule has 1 fully saturated rings. The fourth-order valence-electron chi connectivity index (χ4n) is 2.76. The van der Waals surface area contributed by atoms with E-state index in [1.807, 2.05) is 13.8 Å². The van der Waals surface area contributed by atoms with Gasteiger partial charge in [-0.1, -0.05) is 20.3 Å². The van der Waals surface area contributed by atoms with Crippen LogP contribution in [-0.4, -0.2) is 37.4 Å². The van der Waals surface area contributed by atoms with Crippen molar-refractivity contribution in [2.24, 2.45) is 5.41 Å². The molecule has 0 atom stereocenters. The maximum absolute atomic E-state index is 12.0. The first-order chi connectivity index (χ1) is 10.0.